The number of rotatable bonds is 9. The van der Waals surface area contributed by atoms with E-state index < -0.39 is 0 Å². The van der Waals surface area contributed by atoms with Crippen LogP contribution < -0.4 is 19.5 Å². The van der Waals surface area contributed by atoms with Gasteiger partial charge in [-0.05, 0) is 43.2 Å². The van der Waals surface area contributed by atoms with Crippen LogP contribution in [0.1, 0.15) is 31.9 Å². The van der Waals surface area contributed by atoms with Crippen LogP contribution in [0.15, 0.2) is 48.5 Å². The average molecular weight is 343 g/mol. The number of carbonyl (C=O) groups excluding carboxylic acids is 1. The largest absolute Gasteiger partial charge is 0.493 e. The molecule has 25 heavy (non-hydrogen) atoms. The molecule has 0 fully saturated rings. The molecule has 0 saturated carbocycles. The van der Waals surface area contributed by atoms with Crippen molar-refractivity contribution in [1.29, 1.82) is 0 Å². The van der Waals surface area contributed by atoms with E-state index in [-0.39, 0.29) is 18.6 Å². The highest BCUT2D eigenvalue weighted by Gasteiger charge is 2.13. The van der Waals surface area contributed by atoms with Crippen molar-refractivity contribution in [2.75, 3.05) is 20.3 Å². The van der Waals surface area contributed by atoms with Gasteiger partial charge in [0.2, 0.25) is 0 Å². The van der Waals surface area contributed by atoms with Crippen molar-refractivity contribution in [3.05, 3.63) is 54.1 Å². The van der Waals surface area contributed by atoms with Gasteiger partial charge in [-0.3, -0.25) is 4.79 Å². The molecule has 0 aromatic heterocycles. The lowest BCUT2D eigenvalue weighted by molar-refractivity contribution is -0.123. The molecule has 0 spiro atoms. The molecular weight excluding hydrogens is 318 g/mol. The molecule has 0 bridgehead atoms. The van der Waals surface area contributed by atoms with E-state index in [1.807, 2.05) is 55.5 Å². The van der Waals surface area contributed by atoms with E-state index in [0.29, 0.717) is 23.9 Å². The number of hydrogen-bond donors (Lipinski definition) is 1. The summed E-state index contributed by atoms with van der Waals surface area (Å²) < 4.78 is 16.5. The highest BCUT2D eigenvalue weighted by atomic mass is 16.5. The molecule has 0 heterocycles. The second-order valence-electron chi connectivity index (χ2n) is 5.65. The van der Waals surface area contributed by atoms with Gasteiger partial charge in [-0.2, -0.15) is 0 Å². The number of methoxy groups -OCH3 is 1. The number of nitrogens with one attached hydrogen (secondary N) is 1. The third-order valence-corrected chi connectivity index (χ3v) is 3.64. The maximum atomic E-state index is 12.1. The lowest BCUT2D eigenvalue weighted by Gasteiger charge is -2.17. The summed E-state index contributed by atoms with van der Waals surface area (Å²) in [6.07, 6.45) is 0.929. The summed E-state index contributed by atoms with van der Waals surface area (Å²) in [5.41, 5.74) is 0.939. The third-order valence-electron chi connectivity index (χ3n) is 3.64. The van der Waals surface area contributed by atoms with Crippen LogP contribution in [0.4, 0.5) is 0 Å². The van der Waals surface area contributed by atoms with Crippen molar-refractivity contribution in [3.8, 4) is 17.2 Å². The fraction of sp³-hybridized carbons (Fsp3) is 0.350. The van der Waals surface area contributed by atoms with Gasteiger partial charge >= 0.3 is 0 Å². The molecule has 134 valence electrons. The summed E-state index contributed by atoms with van der Waals surface area (Å²) >= 11 is 0. The van der Waals surface area contributed by atoms with Crippen molar-refractivity contribution >= 4 is 5.91 Å². The lowest BCUT2D eigenvalue weighted by Crippen LogP contribution is -2.31. The molecule has 2 aromatic carbocycles. The monoisotopic (exact) mass is 343 g/mol. The zero-order valence-electron chi connectivity index (χ0n) is 15.0. The number of amides is 1. The van der Waals surface area contributed by atoms with E-state index >= 15 is 0 Å². The van der Waals surface area contributed by atoms with E-state index in [0.717, 1.165) is 12.0 Å². The fourth-order valence-electron chi connectivity index (χ4n) is 2.32. The Morgan fingerprint density at radius 1 is 1.08 bits per heavy atom. The predicted octanol–water partition coefficient (Wildman–Crippen LogP) is 3.74. The van der Waals surface area contributed by atoms with Crippen molar-refractivity contribution < 1.29 is 19.0 Å². The molecule has 2 rings (SSSR count). The Bertz CT molecular complexity index is 673. The maximum Gasteiger partial charge on any atom is 0.258 e. The predicted molar refractivity (Wildman–Crippen MR) is 97.3 cm³/mol. The summed E-state index contributed by atoms with van der Waals surface area (Å²) in [7, 11) is 1.61. The molecule has 0 saturated heterocycles. The maximum absolute atomic E-state index is 12.1. The molecule has 0 aliphatic heterocycles. The van der Waals surface area contributed by atoms with Crippen LogP contribution in [0.5, 0.6) is 17.2 Å². The normalized spacial score (nSPS) is 11.5. The minimum Gasteiger partial charge on any atom is -0.493 e. The van der Waals surface area contributed by atoms with E-state index in [4.69, 9.17) is 14.2 Å². The molecule has 1 atom stereocenters. The summed E-state index contributed by atoms with van der Waals surface area (Å²) in [5, 5.41) is 2.92. The molecule has 1 N–H and O–H groups in total. The summed E-state index contributed by atoms with van der Waals surface area (Å²) in [4.78, 5) is 12.1. The van der Waals surface area contributed by atoms with Gasteiger partial charge < -0.3 is 19.5 Å². The first kappa shape index (κ1) is 18.6. The Kier molecular flexibility index (Phi) is 7.14. The molecule has 1 unspecified atom stereocenters. The van der Waals surface area contributed by atoms with Gasteiger partial charge in [0.15, 0.2) is 18.1 Å². The summed E-state index contributed by atoms with van der Waals surface area (Å²) in [6, 6.07) is 14.8. The highest BCUT2D eigenvalue weighted by Crippen LogP contribution is 2.30. The zero-order valence-corrected chi connectivity index (χ0v) is 15.0. The van der Waals surface area contributed by atoms with Crippen LogP contribution in [-0.4, -0.2) is 26.2 Å². The van der Waals surface area contributed by atoms with Crippen molar-refractivity contribution in [2.24, 2.45) is 0 Å². The Morgan fingerprint density at radius 2 is 1.84 bits per heavy atom. The average Bonchev–Trinajstić information content (AvgIpc) is 2.65. The van der Waals surface area contributed by atoms with Crippen LogP contribution in [0.25, 0.3) is 0 Å². The van der Waals surface area contributed by atoms with Crippen LogP contribution >= 0.6 is 0 Å². The number of carbonyl (C=O) groups is 1. The number of ether oxygens (including phenoxy) is 3. The zero-order chi connectivity index (χ0) is 18.1. The minimum absolute atomic E-state index is 0.0246. The first-order chi connectivity index (χ1) is 12.1. The van der Waals surface area contributed by atoms with Crippen molar-refractivity contribution in [2.45, 2.75) is 26.3 Å². The summed E-state index contributed by atoms with van der Waals surface area (Å²) in [6.45, 7) is 4.58. The van der Waals surface area contributed by atoms with E-state index in [1.165, 1.54) is 0 Å². The van der Waals surface area contributed by atoms with Crippen LogP contribution in [0.2, 0.25) is 0 Å². The smallest absolute Gasteiger partial charge is 0.258 e. The van der Waals surface area contributed by atoms with Gasteiger partial charge in [0.1, 0.15) is 5.75 Å². The third kappa shape index (κ3) is 5.71. The Morgan fingerprint density at radius 3 is 2.52 bits per heavy atom. The Hall–Kier alpha value is -2.69. The molecule has 0 aliphatic rings. The molecule has 0 radical (unpaired) electrons. The van der Waals surface area contributed by atoms with Crippen molar-refractivity contribution in [3.63, 3.8) is 0 Å². The highest BCUT2D eigenvalue weighted by molar-refractivity contribution is 5.78. The van der Waals surface area contributed by atoms with Crippen LogP contribution in [0.3, 0.4) is 0 Å². The SMILES string of the molecule is CCCOc1ccc(C(C)NC(=O)COc2ccccc2)cc1OC. The molecule has 2 aromatic rings. The number of hydrogen-bond acceptors (Lipinski definition) is 4. The molecular formula is C20H25NO4. The van der Waals surface area contributed by atoms with E-state index in [2.05, 4.69) is 12.2 Å². The first-order valence-electron chi connectivity index (χ1n) is 8.42. The second-order valence-corrected chi connectivity index (χ2v) is 5.65. The Balaban J connectivity index is 1.92. The van der Waals surface area contributed by atoms with Gasteiger partial charge in [-0.15, -0.1) is 0 Å². The molecule has 1 amide bonds. The van der Waals surface area contributed by atoms with Gasteiger partial charge in [0.25, 0.3) is 5.91 Å². The number of para-hydroxylation sites is 1. The van der Waals surface area contributed by atoms with Gasteiger partial charge in [-0.1, -0.05) is 31.2 Å². The summed E-state index contributed by atoms with van der Waals surface area (Å²) in [5.74, 6) is 1.86. The van der Waals surface area contributed by atoms with Crippen molar-refractivity contribution in [1.82, 2.24) is 5.32 Å². The van der Waals surface area contributed by atoms with E-state index in [1.54, 1.807) is 7.11 Å². The quantitative estimate of drug-likeness (QED) is 0.753. The molecule has 0 aliphatic carbocycles. The topological polar surface area (TPSA) is 56.8 Å². The molecule has 5 heteroatoms. The van der Waals surface area contributed by atoms with Gasteiger partial charge in [0.05, 0.1) is 19.8 Å². The van der Waals surface area contributed by atoms with Gasteiger partial charge in [0, 0.05) is 0 Å². The van der Waals surface area contributed by atoms with Gasteiger partial charge in [-0.25, -0.2) is 0 Å². The first-order valence-corrected chi connectivity index (χ1v) is 8.42. The fourth-order valence-corrected chi connectivity index (χ4v) is 2.32. The van der Waals surface area contributed by atoms with Crippen LogP contribution in [-0.2, 0) is 4.79 Å². The van der Waals surface area contributed by atoms with Crippen LogP contribution in [0, 0.1) is 0 Å². The lowest BCUT2D eigenvalue weighted by atomic mass is 10.1. The minimum atomic E-state index is -0.179. The Labute approximate surface area is 148 Å². The molecule has 5 nitrogen and oxygen atoms in total. The second kappa shape index (κ2) is 9.57. The number of benzene rings is 2. The van der Waals surface area contributed by atoms with E-state index in [9.17, 15) is 4.79 Å². The standard InChI is InChI=1S/C20H25NO4/c1-4-12-24-18-11-10-16(13-19(18)23-3)15(2)21-20(22)14-25-17-8-6-5-7-9-17/h5-11,13,15H,4,12,14H2,1-3H3,(H,21,22).